The van der Waals surface area contributed by atoms with Gasteiger partial charge in [-0.2, -0.15) is 0 Å². The first-order valence-electron chi connectivity index (χ1n) is 8.39. The van der Waals surface area contributed by atoms with Crippen LogP contribution in [-0.4, -0.2) is 51.5 Å². The van der Waals surface area contributed by atoms with Gasteiger partial charge >= 0.3 is 0 Å². The summed E-state index contributed by atoms with van der Waals surface area (Å²) >= 11 is 1.87. The van der Waals surface area contributed by atoms with Crippen LogP contribution in [-0.2, 0) is 4.74 Å². The first kappa shape index (κ1) is 16.2. The standard InChI is InChI=1S/C17H27N3OS/c1-13(2)21-11-17-6-4-8-20(17)15(5-7-17)10-22-16-9-14(3)18-12-19-16/h9,12-13,15H,4-8,10-11H2,1-3H3/t15-,17-/m0/s1. The molecule has 3 rings (SSSR count). The van der Waals surface area contributed by atoms with Crippen LogP contribution in [0.25, 0.3) is 0 Å². The van der Waals surface area contributed by atoms with Gasteiger partial charge in [0.15, 0.2) is 0 Å². The van der Waals surface area contributed by atoms with Gasteiger partial charge in [-0.15, -0.1) is 11.8 Å². The Balaban J connectivity index is 1.59. The monoisotopic (exact) mass is 321 g/mol. The highest BCUT2D eigenvalue weighted by molar-refractivity contribution is 7.99. The maximum atomic E-state index is 5.99. The van der Waals surface area contributed by atoms with Crippen molar-refractivity contribution >= 4 is 11.8 Å². The minimum Gasteiger partial charge on any atom is -0.377 e. The Kier molecular flexibility index (Phi) is 5.05. The van der Waals surface area contributed by atoms with Crippen molar-refractivity contribution in [1.82, 2.24) is 14.9 Å². The second kappa shape index (κ2) is 6.85. The molecule has 22 heavy (non-hydrogen) atoms. The second-order valence-corrected chi connectivity index (χ2v) is 7.92. The van der Waals surface area contributed by atoms with Crippen LogP contribution in [0.3, 0.4) is 0 Å². The Morgan fingerprint density at radius 3 is 3.05 bits per heavy atom. The van der Waals surface area contributed by atoms with Crippen molar-refractivity contribution in [3.63, 3.8) is 0 Å². The van der Waals surface area contributed by atoms with E-state index in [4.69, 9.17) is 4.74 Å². The number of ether oxygens (including phenoxy) is 1. The third-order valence-electron chi connectivity index (χ3n) is 4.92. The highest BCUT2D eigenvalue weighted by Crippen LogP contribution is 2.43. The molecule has 4 nitrogen and oxygen atoms in total. The van der Waals surface area contributed by atoms with Gasteiger partial charge < -0.3 is 4.74 Å². The van der Waals surface area contributed by atoms with E-state index in [-0.39, 0.29) is 0 Å². The van der Waals surface area contributed by atoms with Crippen molar-refractivity contribution in [3.05, 3.63) is 18.1 Å². The molecule has 0 unspecified atom stereocenters. The van der Waals surface area contributed by atoms with Crippen molar-refractivity contribution in [2.75, 3.05) is 18.9 Å². The molecule has 0 N–H and O–H groups in total. The Morgan fingerprint density at radius 1 is 1.41 bits per heavy atom. The van der Waals surface area contributed by atoms with Crippen molar-refractivity contribution in [2.24, 2.45) is 0 Å². The molecule has 0 spiro atoms. The largest absolute Gasteiger partial charge is 0.377 e. The van der Waals surface area contributed by atoms with Gasteiger partial charge in [-0.05, 0) is 59.1 Å². The number of rotatable bonds is 6. The van der Waals surface area contributed by atoms with Crippen molar-refractivity contribution in [3.8, 4) is 0 Å². The van der Waals surface area contributed by atoms with Crippen molar-refractivity contribution < 1.29 is 4.74 Å². The zero-order valence-corrected chi connectivity index (χ0v) is 14.7. The zero-order chi connectivity index (χ0) is 15.6. The molecule has 1 aromatic rings. The number of hydrogen-bond donors (Lipinski definition) is 0. The first-order valence-corrected chi connectivity index (χ1v) is 9.37. The van der Waals surface area contributed by atoms with Crippen LogP contribution in [0.4, 0.5) is 0 Å². The number of nitrogens with zero attached hydrogens (tertiary/aromatic N) is 3. The van der Waals surface area contributed by atoms with Crippen molar-refractivity contribution in [2.45, 2.75) is 69.2 Å². The van der Waals surface area contributed by atoms with Gasteiger partial charge in [0, 0.05) is 23.0 Å². The van der Waals surface area contributed by atoms with Gasteiger partial charge in [-0.25, -0.2) is 9.97 Å². The minimum atomic E-state index is 0.317. The topological polar surface area (TPSA) is 38.2 Å². The van der Waals surface area contributed by atoms with E-state index in [1.165, 1.54) is 32.2 Å². The third kappa shape index (κ3) is 3.47. The zero-order valence-electron chi connectivity index (χ0n) is 13.9. The van der Waals surface area contributed by atoms with Crippen LogP contribution in [0.5, 0.6) is 0 Å². The van der Waals surface area contributed by atoms with Crippen LogP contribution < -0.4 is 0 Å². The smallest absolute Gasteiger partial charge is 0.116 e. The Morgan fingerprint density at radius 2 is 2.27 bits per heavy atom. The maximum absolute atomic E-state index is 5.99. The maximum Gasteiger partial charge on any atom is 0.116 e. The van der Waals surface area contributed by atoms with Gasteiger partial charge in [0.05, 0.1) is 17.7 Å². The lowest BCUT2D eigenvalue weighted by molar-refractivity contribution is -0.00317. The highest BCUT2D eigenvalue weighted by Gasteiger charge is 2.49. The summed E-state index contributed by atoms with van der Waals surface area (Å²) in [6.45, 7) is 8.43. The Labute approximate surface area is 138 Å². The van der Waals surface area contributed by atoms with Crippen molar-refractivity contribution in [1.29, 1.82) is 0 Å². The fourth-order valence-corrected chi connectivity index (χ4v) is 4.89. The van der Waals surface area contributed by atoms with E-state index in [0.29, 0.717) is 17.7 Å². The molecule has 2 fully saturated rings. The lowest BCUT2D eigenvalue weighted by atomic mass is 9.95. The summed E-state index contributed by atoms with van der Waals surface area (Å²) in [5.41, 5.74) is 1.36. The molecule has 2 atom stereocenters. The van der Waals surface area contributed by atoms with Gasteiger partial charge in [0.25, 0.3) is 0 Å². The van der Waals surface area contributed by atoms with Crippen LogP contribution in [0.15, 0.2) is 17.4 Å². The molecule has 0 amide bonds. The number of aryl methyl sites for hydroxylation is 1. The summed E-state index contributed by atoms with van der Waals surface area (Å²) in [7, 11) is 0. The van der Waals surface area contributed by atoms with Crippen LogP contribution in [0, 0.1) is 6.92 Å². The molecule has 5 heteroatoms. The van der Waals surface area contributed by atoms with Crippen LogP contribution in [0.2, 0.25) is 0 Å². The Hall–Kier alpha value is -0.650. The molecule has 0 saturated carbocycles. The third-order valence-corrected chi connectivity index (χ3v) is 5.99. The van der Waals surface area contributed by atoms with Gasteiger partial charge in [0.2, 0.25) is 0 Å². The van der Waals surface area contributed by atoms with Gasteiger partial charge in [0.1, 0.15) is 6.33 Å². The summed E-state index contributed by atoms with van der Waals surface area (Å²) in [5, 5.41) is 1.10. The molecule has 2 saturated heterocycles. The molecular formula is C17H27N3OS. The minimum absolute atomic E-state index is 0.317. The molecule has 0 aliphatic carbocycles. The number of fused-ring (bicyclic) bond motifs is 1. The molecule has 0 aromatic carbocycles. The predicted octanol–water partition coefficient (Wildman–Crippen LogP) is 3.30. The summed E-state index contributed by atoms with van der Waals surface area (Å²) in [6.07, 6.45) is 7.19. The second-order valence-electron chi connectivity index (χ2n) is 6.88. The molecule has 3 heterocycles. The molecule has 0 radical (unpaired) electrons. The molecule has 0 bridgehead atoms. The molecule has 1 aromatic heterocycles. The van der Waals surface area contributed by atoms with E-state index in [1.54, 1.807) is 6.33 Å². The van der Waals surface area contributed by atoms with Gasteiger partial charge in [-0.3, -0.25) is 4.90 Å². The summed E-state index contributed by atoms with van der Waals surface area (Å²) < 4.78 is 5.99. The SMILES string of the molecule is Cc1cc(SC[C@@H]2CC[C@]3(COC(C)C)CCCN23)ncn1. The summed E-state index contributed by atoms with van der Waals surface area (Å²) in [5.74, 6) is 1.12. The summed E-state index contributed by atoms with van der Waals surface area (Å²) in [6, 6.07) is 2.75. The number of hydrogen-bond acceptors (Lipinski definition) is 5. The van der Waals surface area contributed by atoms with E-state index in [2.05, 4.69) is 34.8 Å². The quantitative estimate of drug-likeness (QED) is 0.594. The van der Waals surface area contributed by atoms with Gasteiger partial charge in [-0.1, -0.05) is 0 Å². The lowest BCUT2D eigenvalue weighted by Gasteiger charge is -2.35. The van der Waals surface area contributed by atoms with E-state index in [1.807, 2.05) is 18.7 Å². The average Bonchev–Trinajstić information content (AvgIpc) is 3.02. The molecular weight excluding hydrogens is 294 g/mol. The predicted molar refractivity (Wildman–Crippen MR) is 90.3 cm³/mol. The Bertz CT molecular complexity index is 510. The number of aromatic nitrogens is 2. The average molecular weight is 321 g/mol. The number of thioether (sulfide) groups is 1. The van der Waals surface area contributed by atoms with E-state index < -0.39 is 0 Å². The van der Waals surface area contributed by atoms with E-state index >= 15 is 0 Å². The van der Waals surface area contributed by atoms with Crippen LogP contribution >= 0.6 is 11.8 Å². The lowest BCUT2D eigenvalue weighted by Crippen LogP contribution is -2.46. The fourth-order valence-electron chi connectivity index (χ4n) is 3.80. The molecule has 2 aliphatic rings. The van der Waals surface area contributed by atoms with Crippen LogP contribution in [0.1, 0.15) is 45.2 Å². The van der Waals surface area contributed by atoms with E-state index in [9.17, 15) is 0 Å². The van der Waals surface area contributed by atoms with E-state index in [0.717, 1.165) is 23.1 Å². The summed E-state index contributed by atoms with van der Waals surface area (Å²) in [4.78, 5) is 11.3. The normalized spacial score (nSPS) is 28.5. The fraction of sp³-hybridized carbons (Fsp3) is 0.765. The first-order chi connectivity index (χ1) is 10.6. The highest BCUT2D eigenvalue weighted by atomic mass is 32.2. The molecule has 122 valence electrons. The molecule has 2 aliphatic heterocycles.